The van der Waals surface area contributed by atoms with Gasteiger partial charge in [-0.05, 0) is 44.0 Å². The van der Waals surface area contributed by atoms with Crippen LogP contribution in [0.1, 0.15) is 18.1 Å². The number of halogens is 1. The van der Waals surface area contributed by atoms with E-state index in [1.807, 2.05) is 63.2 Å². The maximum atomic E-state index is 12.6. The van der Waals surface area contributed by atoms with E-state index < -0.39 is 0 Å². The molecule has 2 aromatic carbocycles. The molecule has 3 rings (SSSR count). The Labute approximate surface area is 183 Å². The fourth-order valence-electron chi connectivity index (χ4n) is 3.73. The van der Waals surface area contributed by atoms with Crippen LogP contribution in [0.5, 0.6) is 0 Å². The van der Waals surface area contributed by atoms with Crippen molar-refractivity contribution in [2.24, 2.45) is 0 Å². The van der Waals surface area contributed by atoms with Gasteiger partial charge in [-0.2, -0.15) is 0 Å². The number of carbonyl (C=O) groups is 2. The van der Waals surface area contributed by atoms with Crippen molar-refractivity contribution in [3.63, 3.8) is 0 Å². The van der Waals surface area contributed by atoms with Gasteiger partial charge in [0.2, 0.25) is 11.8 Å². The maximum absolute atomic E-state index is 12.6. The first kappa shape index (κ1) is 22.1. The highest BCUT2D eigenvalue weighted by atomic mass is 35.5. The number of nitrogens with zero attached hydrogens (tertiary/aromatic N) is 2. The van der Waals surface area contributed by atoms with Crippen LogP contribution < -0.4 is 15.5 Å². The van der Waals surface area contributed by atoms with Crippen molar-refractivity contribution in [1.29, 1.82) is 0 Å². The van der Waals surface area contributed by atoms with E-state index in [0.717, 1.165) is 53.7 Å². The number of nitrogens with one attached hydrogen (secondary N) is 2. The number of hydrogen-bond donors (Lipinski definition) is 2. The molecule has 2 N–H and O–H groups in total. The van der Waals surface area contributed by atoms with Gasteiger partial charge in [-0.3, -0.25) is 14.5 Å². The van der Waals surface area contributed by atoms with Gasteiger partial charge < -0.3 is 15.5 Å². The monoisotopic (exact) mass is 428 g/mol. The van der Waals surface area contributed by atoms with Crippen molar-refractivity contribution in [3.8, 4) is 0 Å². The zero-order valence-corrected chi connectivity index (χ0v) is 18.5. The average Bonchev–Trinajstić information content (AvgIpc) is 2.75. The second-order valence-electron chi connectivity index (χ2n) is 7.68. The van der Waals surface area contributed by atoms with Crippen LogP contribution in [0.2, 0.25) is 5.02 Å². The highest BCUT2D eigenvalue weighted by Crippen LogP contribution is 2.26. The minimum atomic E-state index is -0.300. The number of para-hydroxylation sites is 2. The van der Waals surface area contributed by atoms with Crippen LogP contribution >= 0.6 is 11.6 Å². The molecular formula is C23H29ClN4O2. The normalized spacial score (nSPS) is 15.5. The van der Waals surface area contributed by atoms with Crippen LogP contribution in [-0.2, 0) is 9.59 Å². The Balaban J connectivity index is 1.47. The summed E-state index contributed by atoms with van der Waals surface area (Å²) in [4.78, 5) is 29.2. The SMILES string of the molecule is Cc1cccc(C)c1NC(=O)CNC(=O)[C@@H](C)N1CCN(c2ccccc2Cl)CC1. The number of hydrogen-bond acceptors (Lipinski definition) is 4. The van der Waals surface area contributed by atoms with E-state index in [1.54, 1.807) is 0 Å². The zero-order chi connectivity index (χ0) is 21.7. The summed E-state index contributed by atoms with van der Waals surface area (Å²) in [7, 11) is 0. The topological polar surface area (TPSA) is 64.7 Å². The number of rotatable bonds is 6. The first-order valence-corrected chi connectivity index (χ1v) is 10.6. The van der Waals surface area contributed by atoms with Crippen LogP contribution in [0.15, 0.2) is 42.5 Å². The minimum Gasteiger partial charge on any atom is -0.368 e. The van der Waals surface area contributed by atoms with Crippen molar-refractivity contribution in [2.75, 3.05) is 42.9 Å². The van der Waals surface area contributed by atoms with Gasteiger partial charge in [0.15, 0.2) is 0 Å². The molecule has 2 aromatic rings. The van der Waals surface area contributed by atoms with E-state index in [0.29, 0.717) is 0 Å². The lowest BCUT2D eigenvalue weighted by Gasteiger charge is -2.38. The summed E-state index contributed by atoms with van der Waals surface area (Å²) in [5.41, 5.74) is 3.83. The molecule has 1 heterocycles. The first-order chi connectivity index (χ1) is 14.4. The third-order valence-electron chi connectivity index (χ3n) is 5.60. The molecule has 1 fully saturated rings. The Hall–Kier alpha value is -2.57. The van der Waals surface area contributed by atoms with Gasteiger partial charge in [0.05, 0.1) is 23.3 Å². The molecule has 2 amide bonds. The molecule has 1 aliphatic heterocycles. The van der Waals surface area contributed by atoms with Crippen molar-refractivity contribution < 1.29 is 9.59 Å². The number of aryl methyl sites for hydroxylation is 2. The number of carbonyl (C=O) groups excluding carboxylic acids is 2. The number of benzene rings is 2. The second kappa shape index (κ2) is 9.96. The van der Waals surface area contributed by atoms with Crippen molar-refractivity contribution in [2.45, 2.75) is 26.8 Å². The third-order valence-corrected chi connectivity index (χ3v) is 5.92. The van der Waals surface area contributed by atoms with Gasteiger partial charge >= 0.3 is 0 Å². The van der Waals surface area contributed by atoms with Crippen molar-refractivity contribution in [1.82, 2.24) is 10.2 Å². The van der Waals surface area contributed by atoms with Crippen LogP contribution in [0.25, 0.3) is 0 Å². The van der Waals surface area contributed by atoms with Crippen LogP contribution in [0.3, 0.4) is 0 Å². The summed E-state index contributed by atoms with van der Waals surface area (Å²) in [5, 5.41) is 6.40. The lowest BCUT2D eigenvalue weighted by molar-refractivity contribution is -0.128. The van der Waals surface area contributed by atoms with E-state index in [2.05, 4.69) is 20.4 Å². The van der Waals surface area contributed by atoms with Crippen LogP contribution in [0, 0.1) is 13.8 Å². The van der Waals surface area contributed by atoms with Crippen molar-refractivity contribution in [3.05, 3.63) is 58.6 Å². The number of piperazine rings is 1. The first-order valence-electron chi connectivity index (χ1n) is 10.2. The lowest BCUT2D eigenvalue weighted by atomic mass is 10.1. The Morgan fingerprint density at radius 3 is 2.27 bits per heavy atom. The predicted octanol–water partition coefficient (Wildman–Crippen LogP) is 3.22. The molecule has 0 spiro atoms. The molecule has 0 aliphatic carbocycles. The van der Waals surface area contributed by atoms with Gasteiger partial charge in [-0.1, -0.05) is 41.9 Å². The molecule has 1 saturated heterocycles. The van der Waals surface area contributed by atoms with E-state index in [1.165, 1.54) is 0 Å². The molecule has 30 heavy (non-hydrogen) atoms. The third kappa shape index (κ3) is 5.32. The van der Waals surface area contributed by atoms with Crippen LogP contribution in [0.4, 0.5) is 11.4 Å². The smallest absolute Gasteiger partial charge is 0.243 e. The molecule has 0 bridgehead atoms. The Bertz CT molecular complexity index is 890. The fraction of sp³-hybridized carbons (Fsp3) is 0.391. The molecule has 1 aliphatic rings. The molecule has 0 unspecified atom stereocenters. The van der Waals surface area contributed by atoms with Gasteiger partial charge in [-0.25, -0.2) is 0 Å². The molecule has 0 saturated carbocycles. The summed E-state index contributed by atoms with van der Waals surface area (Å²) in [6, 6.07) is 13.4. The summed E-state index contributed by atoms with van der Waals surface area (Å²) < 4.78 is 0. The lowest BCUT2D eigenvalue weighted by Crippen LogP contribution is -2.54. The predicted molar refractivity (Wildman–Crippen MR) is 122 cm³/mol. The van der Waals surface area contributed by atoms with E-state index >= 15 is 0 Å². The van der Waals surface area contributed by atoms with Gasteiger partial charge in [0, 0.05) is 31.9 Å². The summed E-state index contributed by atoms with van der Waals surface area (Å²) in [6.07, 6.45) is 0. The standard InChI is InChI=1S/C23H29ClN4O2/c1-16-7-6-8-17(2)22(16)26-21(29)15-25-23(30)18(3)27-11-13-28(14-12-27)20-10-5-4-9-19(20)24/h4-10,18H,11-15H2,1-3H3,(H,25,30)(H,26,29)/t18-/m1/s1. The van der Waals surface area contributed by atoms with E-state index in [4.69, 9.17) is 11.6 Å². The number of amides is 2. The second-order valence-corrected chi connectivity index (χ2v) is 8.09. The molecule has 1 atom stereocenters. The largest absolute Gasteiger partial charge is 0.368 e. The average molecular weight is 429 g/mol. The fourth-order valence-corrected chi connectivity index (χ4v) is 3.99. The number of anilines is 2. The Morgan fingerprint density at radius 2 is 1.63 bits per heavy atom. The van der Waals surface area contributed by atoms with Gasteiger partial charge in [0.1, 0.15) is 0 Å². The molecule has 0 aromatic heterocycles. The van der Waals surface area contributed by atoms with Crippen LogP contribution in [-0.4, -0.2) is 55.5 Å². The molecule has 7 heteroatoms. The Morgan fingerprint density at radius 1 is 1.00 bits per heavy atom. The summed E-state index contributed by atoms with van der Waals surface area (Å²) >= 11 is 6.30. The van der Waals surface area contributed by atoms with Gasteiger partial charge in [0.25, 0.3) is 0 Å². The quantitative estimate of drug-likeness (QED) is 0.741. The molecule has 160 valence electrons. The van der Waals surface area contributed by atoms with Crippen molar-refractivity contribution >= 4 is 34.8 Å². The summed E-state index contributed by atoms with van der Waals surface area (Å²) in [5.74, 6) is -0.366. The van der Waals surface area contributed by atoms with E-state index in [9.17, 15) is 9.59 Å². The maximum Gasteiger partial charge on any atom is 0.243 e. The highest BCUT2D eigenvalue weighted by Gasteiger charge is 2.26. The van der Waals surface area contributed by atoms with Gasteiger partial charge in [-0.15, -0.1) is 0 Å². The summed E-state index contributed by atoms with van der Waals surface area (Å²) in [6.45, 7) is 8.85. The highest BCUT2D eigenvalue weighted by molar-refractivity contribution is 6.33. The zero-order valence-electron chi connectivity index (χ0n) is 17.7. The van der Waals surface area contributed by atoms with E-state index in [-0.39, 0.29) is 24.4 Å². The molecule has 6 nitrogen and oxygen atoms in total. The minimum absolute atomic E-state index is 0.0451. The Kier molecular flexibility index (Phi) is 7.34. The molecule has 0 radical (unpaired) electrons. The molecular weight excluding hydrogens is 400 g/mol.